The Kier molecular flexibility index (Phi) is 3.48. The zero-order chi connectivity index (χ0) is 12.3. The van der Waals surface area contributed by atoms with Crippen LogP contribution in [0.5, 0.6) is 0 Å². The summed E-state index contributed by atoms with van der Waals surface area (Å²) in [6, 6.07) is 0. The molecule has 17 heavy (non-hydrogen) atoms. The van der Waals surface area contributed by atoms with Crippen LogP contribution in [0.2, 0.25) is 0 Å². The first-order valence-electron chi connectivity index (χ1n) is 5.15. The van der Waals surface area contributed by atoms with Crippen molar-refractivity contribution in [2.75, 3.05) is 0 Å². The smallest absolute Gasteiger partial charge is 0.306 e. The molecule has 1 N–H and O–H groups in total. The van der Waals surface area contributed by atoms with E-state index in [1.807, 2.05) is 13.2 Å². The number of nitrogens with zero attached hydrogens (tertiary/aromatic N) is 4. The third kappa shape index (κ3) is 2.88. The molecule has 7 heteroatoms. The molecule has 5 nitrogen and oxygen atoms in total. The highest BCUT2D eigenvalue weighted by atomic mass is 19.3. The summed E-state index contributed by atoms with van der Waals surface area (Å²) in [4.78, 5) is 3.87. The summed E-state index contributed by atoms with van der Waals surface area (Å²) < 4.78 is 27.5. The second kappa shape index (κ2) is 5.05. The Morgan fingerprint density at radius 1 is 1.41 bits per heavy atom. The first-order chi connectivity index (χ1) is 8.16. The van der Waals surface area contributed by atoms with Gasteiger partial charge in [-0.1, -0.05) is 0 Å². The van der Waals surface area contributed by atoms with E-state index in [4.69, 9.17) is 0 Å². The molecule has 0 amide bonds. The molecule has 0 unspecified atom stereocenters. The van der Waals surface area contributed by atoms with Gasteiger partial charge < -0.3 is 5.32 Å². The predicted octanol–water partition coefficient (Wildman–Crippen LogP) is 1.30. The molecule has 2 aromatic rings. The normalized spacial score (nSPS) is 11.3. The highest BCUT2D eigenvalue weighted by Crippen LogP contribution is 2.12. The standard InChI is InChI=1S/C10H13F2N5/c1-16-7-8(5-15-16)4-13-6-9-14-2-3-17(9)10(11)12/h2-3,5,7,10,13H,4,6H2,1H3. The van der Waals surface area contributed by atoms with E-state index in [1.165, 1.54) is 12.4 Å². The topological polar surface area (TPSA) is 47.7 Å². The zero-order valence-corrected chi connectivity index (χ0v) is 9.35. The van der Waals surface area contributed by atoms with Crippen molar-refractivity contribution in [2.45, 2.75) is 19.6 Å². The van der Waals surface area contributed by atoms with Gasteiger partial charge in [-0.05, 0) is 0 Å². The number of hydrogen-bond donors (Lipinski definition) is 1. The Morgan fingerprint density at radius 2 is 2.24 bits per heavy atom. The summed E-state index contributed by atoms with van der Waals surface area (Å²) >= 11 is 0. The lowest BCUT2D eigenvalue weighted by atomic mass is 10.3. The van der Waals surface area contributed by atoms with Gasteiger partial charge in [0.1, 0.15) is 5.82 Å². The number of aromatic nitrogens is 4. The van der Waals surface area contributed by atoms with Crippen LogP contribution in [-0.4, -0.2) is 19.3 Å². The Bertz CT molecular complexity index is 477. The molecule has 2 aromatic heterocycles. The highest BCUT2D eigenvalue weighted by Gasteiger charge is 2.10. The van der Waals surface area contributed by atoms with Crippen LogP contribution >= 0.6 is 0 Å². The molecule has 0 aromatic carbocycles. The van der Waals surface area contributed by atoms with Crippen LogP contribution in [0.3, 0.4) is 0 Å². The molecular weight excluding hydrogens is 228 g/mol. The van der Waals surface area contributed by atoms with Gasteiger partial charge in [0.25, 0.3) is 0 Å². The summed E-state index contributed by atoms with van der Waals surface area (Å²) in [5, 5.41) is 7.06. The molecule has 0 bridgehead atoms. The molecule has 0 aliphatic carbocycles. The van der Waals surface area contributed by atoms with Crippen LogP contribution in [0.15, 0.2) is 24.8 Å². The molecule has 2 heterocycles. The van der Waals surface area contributed by atoms with Gasteiger partial charge in [-0.3, -0.25) is 9.25 Å². The van der Waals surface area contributed by atoms with Crippen molar-refractivity contribution in [1.82, 2.24) is 24.6 Å². The molecule has 0 radical (unpaired) electrons. The van der Waals surface area contributed by atoms with E-state index >= 15 is 0 Å². The maximum absolute atomic E-state index is 12.5. The van der Waals surface area contributed by atoms with E-state index in [9.17, 15) is 8.78 Å². The summed E-state index contributed by atoms with van der Waals surface area (Å²) in [6.45, 7) is -1.68. The van der Waals surface area contributed by atoms with Crippen molar-refractivity contribution >= 4 is 0 Å². The van der Waals surface area contributed by atoms with E-state index in [0.29, 0.717) is 18.9 Å². The van der Waals surface area contributed by atoms with Crippen molar-refractivity contribution in [2.24, 2.45) is 7.05 Å². The molecule has 0 saturated carbocycles. The maximum atomic E-state index is 12.5. The van der Waals surface area contributed by atoms with Gasteiger partial charge in [-0.2, -0.15) is 13.9 Å². The van der Waals surface area contributed by atoms with Gasteiger partial charge in [-0.25, -0.2) is 4.98 Å². The SMILES string of the molecule is Cn1cc(CNCc2nccn2C(F)F)cn1. The lowest BCUT2D eigenvalue weighted by Gasteiger charge is -2.06. The fraction of sp³-hybridized carbons (Fsp3) is 0.400. The number of alkyl halides is 2. The summed E-state index contributed by atoms with van der Waals surface area (Å²) in [5.74, 6) is 0.323. The molecular formula is C10H13F2N5. The Labute approximate surface area is 97.1 Å². The molecule has 92 valence electrons. The quantitative estimate of drug-likeness (QED) is 0.858. The van der Waals surface area contributed by atoms with Crippen LogP contribution in [0.4, 0.5) is 8.78 Å². The van der Waals surface area contributed by atoms with E-state index in [1.54, 1.807) is 10.9 Å². The number of halogens is 2. The molecule has 0 atom stereocenters. The van der Waals surface area contributed by atoms with Crippen molar-refractivity contribution in [3.63, 3.8) is 0 Å². The summed E-state index contributed by atoms with van der Waals surface area (Å²) in [7, 11) is 1.83. The fourth-order valence-electron chi connectivity index (χ4n) is 1.54. The van der Waals surface area contributed by atoms with Gasteiger partial charge in [0.05, 0.1) is 12.7 Å². The third-order valence-corrected chi connectivity index (χ3v) is 2.33. The van der Waals surface area contributed by atoms with Crippen LogP contribution in [-0.2, 0) is 20.1 Å². The van der Waals surface area contributed by atoms with Crippen molar-refractivity contribution in [3.05, 3.63) is 36.2 Å². The van der Waals surface area contributed by atoms with E-state index in [2.05, 4.69) is 15.4 Å². The zero-order valence-electron chi connectivity index (χ0n) is 9.35. The van der Waals surface area contributed by atoms with Gasteiger partial charge in [0.15, 0.2) is 0 Å². The number of imidazole rings is 1. The van der Waals surface area contributed by atoms with Gasteiger partial charge >= 0.3 is 6.55 Å². The number of aryl methyl sites for hydroxylation is 1. The second-order valence-electron chi connectivity index (χ2n) is 3.65. The second-order valence-corrected chi connectivity index (χ2v) is 3.65. The maximum Gasteiger partial charge on any atom is 0.319 e. The summed E-state index contributed by atoms with van der Waals surface area (Å²) in [5.41, 5.74) is 1.00. The highest BCUT2D eigenvalue weighted by molar-refractivity contribution is 5.03. The number of rotatable bonds is 5. The van der Waals surface area contributed by atoms with Gasteiger partial charge in [0.2, 0.25) is 0 Å². The lowest BCUT2D eigenvalue weighted by Crippen LogP contribution is -2.16. The number of nitrogens with one attached hydrogen (secondary N) is 1. The minimum Gasteiger partial charge on any atom is -0.306 e. The number of hydrogen-bond acceptors (Lipinski definition) is 3. The monoisotopic (exact) mass is 241 g/mol. The van der Waals surface area contributed by atoms with Crippen LogP contribution in [0.25, 0.3) is 0 Å². The molecule has 0 fully saturated rings. The van der Waals surface area contributed by atoms with Crippen molar-refractivity contribution < 1.29 is 8.78 Å². The van der Waals surface area contributed by atoms with Gasteiger partial charge in [0, 0.05) is 37.7 Å². The van der Waals surface area contributed by atoms with E-state index in [-0.39, 0.29) is 0 Å². The van der Waals surface area contributed by atoms with E-state index in [0.717, 1.165) is 10.1 Å². The fourth-order valence-corrected chi connectivity index (χ4v) is 1.54. The Balaban J connectivity index is 1.88. The first-order valence-corrected chi connectivity index (χ1v) is 5.15. The molecule has 2 rings (SSSR count). The van der Waals surface area contributed by atoms with E-state index < -0.39 is 6.55 Å². The average molecular weight is 241 g/mol. The van der Waals surface area contributed by atoms with Crippen LogP contribution in [0, 0.1) is 0 Å². The molecule has 0 spiro atoms. The van der Waals surface area contributed by atoms with Gasteiger partial charge in [-0.15, -0.1) is 0 Å². The third-order valence-electron chi connectivity index (χ3n) is 2.33. The predicted molar refractivity (Wildman–Crippen MR) is 57.2 cm³/mol. The minimum absolute atomic E-state index is 0.298. The molecule has 0 aliphatic heterocycles. The Morgan fingerprint density at radius 3 is 2.88 bits per heavy atom. The minimum atomic E-state index is -2.55. The van der Waals surface area contributed by atoms with Crippen molar-refractivity contribution in [1.29, 1.82) is 0 Å². The van der Waals surface area contributed by atoms with Crippen LogP contribution in [0.1, 0.15) is 17.9 Å². The van der Waals surface area contributed by atoms with Crippen molar-refractivity contribution in [3.8, 4) is 0 Å². The largest absolute Gasteiger partial charge is 0.319 e. The molecule has 0 saturated heterocycles. The lowest BCUT2D eigenvalue weighted by molar-refractivity contribution is 0.0666. The van der Waals surface area contributed by atoms with Crippen LogP contribution < -0.4 is 5.32 Å². The molecule has 0 aliphatic rings. The first kappa shape index (κ1) is 11.7. The summed E-state index contributed by atoms with van der Waals surface area (Å²) in [6.07, 6.45) is 6.23. The Hall–Kier alpha value is -1.76. The average Bonchev–Trinajstić information content (AvgIpc) is 2.87.